The molecule has 0 aliphatic carbocycles. The highest BCUT2D eigenvalue weighted by molar-refractivity contribution is 9.10. The molecule has 1 atom stereocenters. The highest BCUT2D eigenvalue weighted by atomic mass is 79.9. The monoisotopic (exact) mass is 281 g/mol. The molecule has 0 saturated carbocycles. The van der Waals surface area contributed by atoms with E-state index in [0.717, 1.165) is 28.6 Å². The molecular weight excluding hydrogens is 266 g/mol. The molecule has 16 heavy (non-hydrogen) atoms. The first-order valence-electron chi connectivity index (χ1n) is 5.09. The summed E-state index contributed by atoms with van der Waals surface area (Å²) in [4.78, 5) is 0. The third kappa shape index (κ3) is 3.53. The highest BCUT2D eigenvalue weighted by Crippen LogP contribution is 2.26. The van der Waals surface area contributed by atoms with Gasteiger partial charge in [0.2, 0.25) is 0 Å². The first kappa shape index (κ1) is 13.0. The van der Waals surface area contributed by atoms with E-state index in [-0.39, 0.29) is 6.04 Å². The summed E-state index contributed by atoms with van der Waals surface area (Å²) < 4.78 is 0.999. The Kier molecular flexibility index (Phi) is 5.33. The van der Waals surface area contributed by atoms with Crippen LogP contribution in [0.5, 0.6) is 0 Å². The Balaban J connectivity index is 2.84. The van der Waals surface area contributed by atoms with E-state index in [4.69, 9.17) is 11.6 Å². The number of anilines is 1. The van der Waals surface area contributed by atoms with E-state index in [0.29, 0.717) is 0 Å². The SMILES string of the molecule is CC#CCCC(NN)c1cc(Br)ccc1N. The molecule has 0 saturated heterocycles. The molecule has 0 fully saturated rings. The van der Waals surface area contributed by atoms with Crippen molar-refractivity contribution in [1.82, 2.24) is 5.43 Å². The molecule has 0 spiro atoms. The normalized spacial score (nSPS) is 11.7. The lowest BCUT2D eigenvalue weighted by atomic mass is 10.0. The fourth-order valence-corrected chi connectivity index (χ4v) is 1.90. The van der Waals surface area contributed by atoms with E-state index in [1.807, 2.05) is 25.1 Å². The van der Waals surface area contributed by atoms with Crippen molar-refractivity contribution >= 4 is 21.6 Å². The molecule has 86 valence electrons. The van der Waals surface area contributed by atoms with E-state index in [2.05, 4.69) is 33.2 Å². The molecule has 0 bridgehead atoms. The number of halogens is 1. The molecule has 0 radical (unpaired) electrons. The zero-order chi connectivity index (χ0) is 12.0. The summed E-state index contributed by atoms with van der Waals surface area (Å²) in [5.74, 6) is 11.4. The zero-order valence-electron chi connectivity index (χ0n) is 9.26. The van der Waals surface area contributed by atoms with E-state index in [1.165, 1.54) is 0 Å². The largest absolute Gasteiger partial charge is 0.398 e. The fraction of sp³-hybridized carbons (Fsp3) is 0.333. The van der Waals surface area contributed by atoms with Crippen LogP contribution in [0.2, 0.25) is 0 Å². The van der Waals surface area contributed by atoms with Crippen LogP contribution in [-0.4, -0.2) is 0 Å². The summed E-state index contributed by atoms with van der Waals surface area (Å²) in [6.07, 6.45) is 1.65. The number of benzene rings is 1. The minimum Gasteiger partial charge on any atom is -0.398 e. The average Bonchev–Trinajstić information content (AvgIpc) is 2.28. The van der Waals surface area contributed by atoms with Crippen molar-refractivity contribution in [3.63, 3.8) is 0 Å². The van der Waals surface area contributed by atoms with Crippen LogP contribution in [0.25, 0.3) is 0 Å². The van der Waals surface area contributed by atoms with E-state index in [1.54, 1.807) is 0 Å². The van der Waals surface area contributed by atoms with Crippen molar-refractivity contribution in [2.24, 2.45) is 5.84 Å². The summed E-state index contributed by atoms with van der Waals surface area (Å²) in [7, 11) is 0. The fourth-order valence-electron chi connectivity index (χ4n) is 1.52. The molecule has 1 unspecified atom stereocenters. The van der Waals surface area contributed by atoms with Gasteiger partial charge in [-0.15, -0.1) is 11.8 Å². The third-order valence-electron chi connectivity index (χ3n) is 2.36. The van der Waals surface area contributed by atoms with Gasteiger partial charge in [0.25, 0.3) is 0 Å². The minimum absolute atomic E-state index is 0.0401. The maximum absolute atomic E-state index is 5.92. The average molecular weight is 282 g/mol. The molecule has 4 heteroatoms. The Labute approximate surface area is 105 Å². The standard InChI is InChI=1S/C12H16BrN3/c1-2-3-4-5-12(16-15)10-8-9(13)6-7-11(10)14/h6-8,12,16H,4-5,14-15H2,1H3. The first-order chi connectivity index (χ1) is 7.69. The topological polar surface area (TPSA) is 64.1 Å². The maximum atomic E-state index is 5.92. The number of hydrogen-bond donors (Lipinski definition) is 3. The van der Waals surface area contributed by atoms with E-state index in [9.17, 15) is 0 Å². The van der Waals surface area contributed by atoms with Crippen LogP contribution in [0, 0.1) is 11.8 Å². The lowest BCUT2D eigenvalue weighted by molar-refractivity contribution is 0.525. The van der Waals surface area contributed by atoms with Gasteiger partial charge in [-0.1, -0.05) is 15.9 Å². The number of nitrogens with two attached hydrogens (primary N) is 2. The van der Waals surface area contributed by atoms with Crippen molar-refractivity contribution in [2.75, 3.05) is 5.73 Å². The summed E-state index contributed by atoms with van der Waals surface area (Å²) in [5.41, 5.74) is 10.4. The van der Waals surface area contributed by atoms with Gasteiger partial charge in [0.1, 0.15) is 0 Å². The molecule has 0 amide bonds. The van der Waals surface area contributed by atoms with Crippen LogP contribution in [0.4, 0.5) is 5.69 Å². The first-order valence-corrected chi connectivity index (χ1v) is 5.89. The van der Waals surface area contributed by atoms with Crippen LogP contribution in [-0.2, 0) is 0 Å². The predicted molar refractivity (Wildman–Crippen MR) is 71.3 cm³/mol. The Hall–Kier alpha value is -1.02. The molecule has 3 nitrogen and oxygen atoms in total. The highest BCUT2D eigenvalue weighted by Gasteiger charge is 2.12. The number of hydrogen-bond acceptors (Lipinski definition) is 3. The second kappa shape index (κ2) is 6.54. The molecule has 0 heterocycles. The molecule has 1 rings (SSSR count). The van der Waals surface area contributed by atoms with Crippen molar-refractivity contribution in [2.45, 2.75) is 25.8 Å². The molecule has 1 aromatic rings. The van der Waals surface area contributed by atoms with Gasteiger partial charge in [-0.05, 0) is 37.1 Å². The van der Waals surface area contributed by atoms with Gasteiger partial charge in [0.15, 0.2) is 0 Å². The van der Waals surface area contributed by atoms with Gasteiger partial charge in [0, 0.05) is 22.6 Å². The van der Waals surface area contributed by atoms with Gasteiger partial charge in [-0.25, -0.2) is 0 Å². The van der Waals surface area contributed by atoms with Gasteiger partial charge in [-0.3, -0.25) is 11.3 Å². The lowest BCUT2D eigenvalue weighted by Crippen LogP contribution is -2.28. The minimum atomic E-state index is 0.0401. The number of nitrogens with one attached hydrogen (secondary N) is 1. The van der Waals surface area contributed by atoms with Gasteiger partial charge in [0.05, 0.1) is 0 Å². The van der Waals surface area contributed by atoms with Crippen molar-refractivity contribution in [1.29, 1.82) is 0 Å². The smallest absolute Gasteiger partial charge is 0.0489 e. The van der Waals surface area contributed by atoms with E-state index < -0.39 is 0 Å². The Morgan fingerprint density at radius 3 is 2.88 bits per heavy atom. The second-order valence-corrected chi connectivity index (χ2v) is 4.37. The predicted octanol–water partition coefficient (Wildman–Crippen LogP) is 2.34. The zero-order valence-corrected chi connectivity index (χ0v) is 10.8. The van der Waals surface area contributed by atoms with Crippen molar-refractivity contribution in [3.05, 3.63) is 28.2 Å². The molecule has 1 aromatic carbocycles. The lowest BCUT2D eigenvalue weighted by Gasteiger charge is -2.17. The second-order valence-electron chi connectivity index (χ2n) is 3.46. The summed E-state index contributed by atoms with van der Waals surface area (Å²) in [5, 5.41) is 0. The van der Waals surface area contributed by atoms with Gasteiger partial charge in [-0.2, -0.15) is 0 Å². The van der Waals surface area contributed by atoms with Crippen LogP contribution in [0.3, 0.4) is 0 Å². The third-order valence-corrected chi connectivity index (χ3v) is 2.85. The number of nitrogen functional groups attached to an aromatic ring is 1. The molecule has 0 aliphatic rings. The molecule has 0 aromatic heterocycles. The maximum Gasteiger partial charge on any atom is 0.0489 e. The van der Waals surface area contributed by atoms with Crippen LogP contribution in [0.1, 0.15) is 31.4 Å². The van der Waals surface area contributed by atoms with Crippen molar-refractivity contribution < 1.29 is 0 Å². The van der Waals surface area contributed by atoms with Crippen LogP contribution < -0.4 is 17.0 Å². The van der Waals surface area contributed by atoms with Crippen molar-refractivity contribution in [3.8, 4) is 11.8 Å². The quantitative estimate of drug-likeness (QED) is 0.344. The van der Waals surface area contributed by atoms with Gasteiger partial charge < -0.3 is 5.73 Å². The van der Waals surface area contributed by atoms with Gasteiger partial charge >= 0.3 is 0 Å². The molecule has 0 aliphatic heterocycles. The number of rotatable bonds is 4. The molecule has 5 N–H and O–H groups in total. The Bertz CT molecular complexity index is 406. The Morgan fingerprint density at radius 2 is 2.25 bits per heavy atom. The van der Waals surface area contributed by atoms with Crippen LogP contribution >= 0.6 is 15.9 Å². The number of hydrazine groups is 1. The summed E-state index contributed by atoms with van der Waals surface area (Å²) >= 11 is 3.42. The Morgan fingerprint density at radius 1 is 1.50 bits per heavy atom. The summed E-state index contributed by atoms with van der Waals surface area (Å²) in [6.45, 7) is 1.83. The molecular formula is C12H16BrN3. The van der Waals surface area contributed by atoms with Crippen LogP contribution in [0.15, 0.2) is 22.7 Å². The summed E-state index contributed by atoms with van der Waals surface area (Å²) in [6, 6.07) is 5.81. The van der Waals surface area contributed by atoms with E-state index >= 15 is 0 Å².